The maximum Gasteiger partial charge on any atom is 0.184 e. The standard InChI is InChI=1S/C56H37N5OSi/c1-4-16-38(17-5-1)60-49-24-12-13-25-51(49)63(41-18-6-2-7-19-41,42-20-8-3-9-21-42)52-32-31-46-45-30-28-40(37-50(45)61(54(46)55(52)60)53-26-14-15-33-57-53)62-39-27-29-43-44-22-10-11-23-48(44)59-35-34-58-56(59)47(43)36-39/h1-37H. The minimum Gasteiger partial charge on any atom is -0.457 e. The van der Waals surface area contributed by atoms with Crippen molar-refractivity contribution in [2.24, 2.45) is 0 Å². The lowest BCUT2D eigenvalue weighted by Gasteiger charge is -2.45. The van der Waals surface area contributed by atoms with Crippen LogP contribution in [0, 0.1) is 0 Å². The minimum atomic E-state index is -2.96. The second-order valence-electron chi connectivity index (χ2n) is 16.2. The number of pyridine rings is 2. The molecule has 0 bridgehead atoms. The molecule has 1 aliphatic heterocycles. The molecule has 6 nitrogen and oxygen atoms in total. The molecular weight excluding hydrogens is 787 g/mol. The van der Waals surface area contributed by atoms with Crippen LogP contribution in [0.15, 0.2) is 225 Å². The summed E-state index contributed by atoms with van der Waals surface area (Å²) in [6, 6.07) is 74.5. The number of ether oxygens (including phenoxy) is 1. The van der Waals surface area contributed by atoms with Crippen molar-refractivity contribution in [1.82, 2.24) is 18.9 Å². The highest BCUT2D eigenvalue weighted by atomic mass is 28.3. The molecule has 0 atom stereocenters. The van der Waals surface area contributed by atoms with Crippen molar-refractivity contribution in [1.29, 1.82) is 0 Å². The van der Waals surface area contributed by atoms with E-state index < -0.39 is 8.07 Å². The summed E-state index contributed by atoms with van der Waals surface area (Å²) in [4.78, 5) is 12.3. The number of fused-ring (bicyclic) bond motifs is 12. The van der Waals surface area contributed by atoms with E-state index in [1.807, 2.05) is 24.7 Å². The maximum absolute atomic E-state index is 6.84. The Morgan fingerprint density at radius 2 is 1.10 bits per heavy atom. The van der Waals surface area contributed by atoms with Gasteiger partial charge >= 0.3 is 0 Å². The Labute approximate surface area is 364 Å². The molecule has 4 aromatic heterocycles. The molecule has 296 valence electrons. The van der Waals surface area contributed by atoms with E-state index >= 15 is 0 Å². The highest BCUT2D eigenvalue weighted by Gasteiger charge is 2.49. The number of hydrogen-bond donors (Lipinski definition) is 0. The molecule has 1 aliphatic rings. The third-order valence-corrected chi connectivity index (χ3v) is 17.8. The molecule has 63 heavy (non-hydrogen) atoms. The number of anilines is 3. The van der Waals surface area contributed by atoms with Crippen molar-refractivity contribution in [3.8, 4) is 17.3 Å². The Bertz CT molecular complexity index is 3680. The van der Waals surface area contributed by atoms with Crippen LogP contribution in [0.3, 0.4) is 0 Å². The molecule has 0 spiro atoms. The zero-order valence-corrected chi connectivity index (χ0v) is 35.0. The predicted molar refractivity (Wildman–Crippen MR) is 261 cm³/mol. The van der Waals surface area contributed by atoms with E-state index in [9.17, 15) is 0 Å². The molecule has 12 aromatic rings. The van der Waals surface area contributed by atoms with Gasteiger partial charge in [0.15, 0.2) is 8.07 Å². The third kappa shape index (κ3) is 5.17. The maximum atomic E-state index is 6.84. The van der Waals surface area contributed by atoms with Gasteiger partial charge in [-0.3, -0.25) is 8.97 Å². The highest BCUT2D eigenvalue weighted by molar-refractivity contribution is 7.21. The molecule has 7 heteroatoms. The monoisotopic (exact) mass is 823 g/mol. The molecule has 0 unspecified atom stereocenters. The smallest absolute Gasteiger partial charge is 0.184 e. The molecule has 5 heterocycles. The lowest BCUT2D eigenvalue weighted by molar-refractivity contribution is 0.484. The number of nitrogens with zero attached hydrogens (tertiary/aromatic N) is 5. The van der Waals surface area contributed by atoms with Gasteiger partial charge in [0.2, 0.25) is 0 Å². The number of hydrogen-bond acceptors (Lipinski definition) is 4. The Kier molecular flexibility index (Phi) is 7.82. The van der Waals surface area contributed by atoms with Crippen molar-refractivity contribution < 1.29 is 4.74 Å². The van der Waals surface area contributed by atoms with Crippen LogP contribution >= 0.6 is 0 Å². The van der Waals surface area contributed by atoms with E-state index in [4.69, 9.17) is 14.7 Å². The molecule has 0 radical (unpaired) electrons. The van der Waals surface area contributed by atoms with Crippen LogP contribution < -0.4 is 30.4 Å². The number of rotatable bonds is 6. The van der Waals surface area contributed by atoms with Gasteiger partial charge < -0.3 is 9.64 Å². The molecule has 0 aliphatic carbocycles. The van der Waals surface area contributed by atoms with Gasteiger partial charge in [0.1, 0.15) is 23.0 Å². The van der Waals surface area contributed by atoms with Gasteiger partial charge in [-0.1, -0.05) is 133 Å². The molecule has 0 amide bonds. The summed E-state index contributed by atoms with van der Waals surface area (Å²) in [5, 5.41) is 11.0. The van der Waals surface area contributed by atoms with Gasteiger partial charge in [-0.15, -0.1) is 0 Å². The summed E-state index contributed by atoms with van der Waals surface area (Å²) < 4.78 is 11.4. The fourth-order valence-corrected chi connectivity index (χ4v) is 15.5. The fraction of sp³-hybridized carbons (Fsp3) is 0. The second-order valence-corrected chi connectivity index (χ2v) is 19.9. The molecule has 13 rings (SSSR count). The lowest BCUT2D eigenvalue weighted by Crippen LogP contribution is -2.77. The van der Waals surface area contributed by atoms with Gasteiger partial charge in [-0.25, -0.2) is 9.97 Å². The Hall–Kier alpha value is -8.26. The lowest BCUT2D eigenvalue weighted by atomic mass is 10.1. The topological polar surface area (TPSA) is 47.6 Å². The van der Waals surface area contributed by atoms with Crippen LogP contribution in [-0.2, 0) is 0 Å². The van der Waals surface area contributed by atoms with Gasteiger partial charge in [-0.2, -0.15) is 0 Å². The summed E-state index contributed by atoms with van der Waals surface area (Å²) >= 11 is 0. The van der Waals surface area contributed by atoms with Crippen LogP contribution in [-0.4, -0.2) is 27.0 Å². The summed E-state index contributed by atoms with van der Waals surface area (Å²) in [6.45, 7) is 0. The van der Waals surface area contributed by atoms with Crippen LogP contribution in [0.4, 0.5) is 17.1 Å². The molecule has 0 N–H and O–H groups in total. The first kappa shape index (κ1) is 35.5. The average molecular weight is 824 g/mol. The Balaban J connectivity index is 1.11. The second kappa shape index (κ2) is 13.9. The van der Waals surface area contributed by atoms with Gasteiger partial charge in [0.25, 0.3) is 0 Å². The van der Waals surface area contributed by atoms with Gasteiger partial charge in [0, 0.05) is 57.6 Å². The summed E-state index contributed by atoms with van der Waals surface area (Å²) in [5.74, 6) is 2.31. The molecule has 0 saturated heterocycles. The zero-order valence-electron chi connectivity index (χ0n) is 34.0. The van der Waals surface area contributed by atoms with E-state index in [0.29, 0.717) is 0 Å². The first-order valence-corrected chi connectivity index (χ1v) is 23.3. The first-order chi connectivity index (χ1) is 31.3. The number of benzene rings is 8. The minimum absolute atomic E-state index is 0.735. The number of aromatic nitrogens is 4. The van der Waals surface area contributed by atoms with Crippen molar-refractivity contribution in [2.45, 2.75) is 0 Å². The Morgan fingerprint density at radius 3 is 1.87 bits per heavy atom. The van der Waals surface area contributed by atoms with E-state index in [0.717, 1.165) is 72.4 Å². The van der Waals surface area contributed by atoms with Crippen LogP contribution in [0.1, 0.15) is 0 Å². The van der Waals surface area contributed by atoms with E-state index in [2.05, 4.69) is 214 Å². The van der Waals surface area contributed by atoms with E-state index in [-0.39, 0.29) is 0 Å². The molecule has 8 aromatic carbocycles. The summed E-state index contributed by atoms with van der Waals surface area (Å²) in [6.07, 6.45) is 5.77. The molecular formula is C56H37N5OSi. The van der Waals surface area contributed by atoms with Crippen molar-refractivity contribution in [3.63, 3.8) is 0 Å². The fourth-order valence-electron chi connectivity index (χ4n) is 10.4. The average Bonchev–Trinajstić information content (AvgIpc) is 3.98. The molecule has 0 saturated carbocycles. The third-order valence-electron chi connectivity index (χ3n) is 12.9. The number of imidazole rings is 1. The van der Waals surface area contributed by atoms with Crippen LogP contribution in [0.25, 0.3) is 54.9 Å². The van der Waals surface area contributed by atoms with Crippen LogP contribution in [0.5, 0.6) is 11.5 Å². The molecule has 0 fully saturated rings. The Morgan fingerprint density at radius 1 is 0.444 bits per heavy atom. The summed E-state index contributed by atoms with van der Waals surface area (Å²) in [5.41, 5.74) is 7.57. The zero-order chi connectivity index (χ0) is 41.5. The van der Waals surface area contributed by atoms with Crippen molar-refractivity contribution >= 4 is 95.0 Å². The van der Waals surface area contributed by atoms with Crippen LogP contribution in [0.2, 0.25) is 0 Å². The normalized spacial score (nSPS) is 13.2. The first-order valence-electron chi connectivity index (χ1n) is 21.3. The SMILES string of the molecule is c1ccc(N2c3ccccc3[Si](c3ccccc3)(c3ccccc3)c3ccc4c5ccc(Oc6ccc7c8ccccc8n8ccnc8c7c6)cc5n(-c5ccccn5)c4c32)cc1. The van der Waals surface area contributed by atoms with Crippen molar-refractivity contribution in [3.05, 3.63) is 225 Å². The van der Waals surface area contributed by atoms with Gasteiger partial charge in [0.05, 0.1) is 22.2 Å². The summed E-state index contributed by atoms with van der Waals surface area (Å²) in [7, 11) is -2.96. The van der Waals surface area contributed by atoms with E-state index in [1.165, 1.54) is 31.8 Å². The highest BCUT2D eigenvalue weighted by Crippen LogP contribution is 2.46. The quantitative estimate of drug-likeness (QED) is 0.124. The van der Waals surface area contributed by atoms with Gasteiger partial charge in [-0.05, 0) is 92.9 Å². The number of para-hydroxylation sites is 3. The van der Waals surface area contributed by atoms with Crippen molar-refractivity contribution in [2.75, 3.05) is 4.90 Å². The van der Waals surface area contributed by atoms with E-state index in [1.54, 1.807) is 0 Å². The predicted octanol–water partition coefficient (Wildman–Crippen LogP) is 11.1. The largest absolute Gasteiger partial charge is 0.457 e.